The summed E-state index contributed by atoms with van der Waals surface area (Å²) < 4.78 is 9.23. The van der Waals surface area contributed by atoms with Crippen LogP contribution in [0.25, 0.3) is 12.2 Å². The van der Waals surface area contributed by atoms with E-state index in [0.717, 1.165) is 12.2 Å². The Morgan fingerprint density at radius 3 is 1.43 bits per heavy atom. The minimum Gasteiger partial charge on any atom is -0.463 e. The lowest BCUT2D eigenvalue weighted by Crippen LogP contribution is -2.22. The van der Waals surface area contributed by atoms with Crippen molar-refractivity contribution < 1.29 is 19.1 Å². The molecule has 0 radical (unpaired) electrons. The highest BCUT2D eigenvalue weighted by Gasteiger charge is 1.99. The second-order valence-electron chi connectivity index (χ2n) is 5.23. The van der Waals surface area contributed by atoms with E-state index in [4.69, 9.17) is 0 Å². The second-order valence-corrected chi connectivity index (χ2v) is 5.23. The van der Waals surface area contributed by atoms with Crippen LogP contribution < -0.4 is 22.5 Å². The van der Waals surface area contributed by atoms with Gasteiger partial charge in [-0.2, -0.15) is 0 Å². The fourth-order valence-electron chi connectivity index (χ4n) is 1.78. The van der Waals surface area contributed by atoms with E-state index in [-0.39, 0.29) is 24.3 Å². The molecule has 0 aliphatic rings. The first-order valence-electron chi connectivity index (χ1n) is 8.60. The molecule has 160 valence electrons. The van der Waals surface area contributed by atoms with Crippen molar-refractivity contribution in [2.24, 2.45) is 0 Å². The first kappa shape index (κ1) is 23.8. The largest absolute Gasteiger partial charge is 0.463 e. The Morgan fingerprint density at radius 2 is 1.13 bits per heavy atom. The normalized spacial score (nSPS) is 10.5. The first-order valence-corrected chi connectivity index (χ1v) is 8.60. The van der Waals surface area contributed by atoms with Gasteiger partial charge in [0.15, 0.2) is 0 Å². The lowest BCUT2D eigenvalue weighted by Gasteiger charge is -1.94. The number of ether oxygens (including phenoxy) is 2. The molecule has 0 fully saturated rings. The summed E-state index contributed by atoms with van der Waals surface area (Å²) in [5.74, 6) is -1.08. The summed E-state index contributed by atoms with van der Waals surface area (Å²) in [6, 6.07) is 0. The number of aromatic amines is 4. The van der Waals surface area contributed by atoms with Gasteiger partial charge in [-0.1, -0.05) is 0 Å². The zero-order valence-corrected chi connectivity index (χ0v) is 16.1. The van der Waals surface area contributed by atoms with E-state index in [1.54, 1.807) is 13.8 Å². The summed E-state index contributed by atoms with van der Waals surface area (Å²) in [6.45, 7) is 3.90. The van der Waals surface area contributed by atoms with Crippen LogP contribution in [0.2, 0.25) is 0 Å². The summed E-state index contributed by atoms with van der Waals surface area (Å²) in [4.78, 5) is 74.0. The minimum atomic E-state index is -0.590. The number of carbonyl (C=O) groups is 2. The van der Waals surface area contributed by atoms with Gasteiger partial charge in [-0.05, 0) is 26.0 Å². The van der Waals surface area contributed by atoms with Crippen LogP contribution in [0.15, 0.2) is 43.7 Å². The molecular formula is C18H20N4O8. The van der Waals surface area contributed by atoms with Crippen molar-refractivity contribution in [1.82, 2.24) is 19.9 Å². The molecule has 0 aromatic carbocycles. The molecule has 30 heavy (non-hydrogen) atoms. The van der Waals surface area contributed by atoms with Crippen molar-refractivity contribution in [1.29, 1.82) is 0 Å². The van der Waals surface area contributed by atoms with Gasteiger partial charge in [-0.3, -0.25) is 19.6 Å². The van der Waals surface area contributed by atoms with E-state index in [9.17, 15) is 28.8 Å². The Hall–Kier alpha value is -4.22. The Morgan fingerprint density at radius 1 is 0.767 bits per heavy atom. The molecule has 2 aromatic rings. The number of aromatic nitrogens is 4. The van der Waals surface area contributed by atoms with Gasteiger partial charge in [0.05, 0.1) is 24.3 Å². The minimum absolute atomic E-state index is 0.183. The van der Waals surface area contributed by atoms with Gasteiger partial charge in [0, 0.05) is 24.5 Å². The molecule has 0 bridgehead atoms. The van der Waals surface area contributed by atoms with Crippen LogP contribution in [0.4, 0.5) is 0 Å². The van der Waals surface area contributed by atoms with Crippen LogP contribution in [0.1, 0.15) is 25.0 Å². The molecule has 0 spiro atoms. The highest BCUT2D eigenvalue weighted by atomic mass is 16.5. The highest BCUT2D eigenvalue weighted by Crippen LogP contribution is 1.91. The molecule has 2 aromatic heterocycles. The molecule has 0 atom stereocenters. The number of carbonyl (C=O) groups excluding carboxylic acids is 2. The van der Waals surface area contributed by atoms with E-state index in [2.05, 4.69) is 19.4 Å². The molecule has 0 saturated carbocycles. The molecule has 0 aliphatic carbocycles. The Bertz CT molecular complexity index is 1060. The van der Waals surface area contributed by atoms with Crippen LogP contribution in [0.3, 0.4) is 0 Å². The monoisotopic (exact) mass is 420 g/mol. The Balaban J connectivity index is 0.000000300. The standard InChI is InChI=1S/2C9H10N2O4/c2*1-2-15-7(12)4-3-6-5-10-9(14)11-8(6)13/h2*3-5H,2H2,1H3,(H2,10,11,13,14)/b2*4-3+. The summed E-state index contributed by atoms with van der Waals surface area (Å²) >= 11 is 0. The molecule has 0 aliphatic heterocycles. The molecule has 0 saturated heterocycles. The molecule has 0 amide bonds. The van der Waals surface area contributed by atoms with Crippen LogP contribution in [0.5, 0.6) is 0 Å². The quantitative estimate of drug-likeness (QED) is 0.348. The smallest absolute Gasteiger partial charge is 0.330 e. The van der Waals surface area contributed by atoms with Crippen LogP contribution in [-0.2, 0) is 19.1 Å². The van der Waals surface area contributed by atoms with Gasteiger partial charge in [0.2, 0.25) is 0 Å². The summed E-state index contributed by atoms with van der Waals surface area (Å²) in [5.41, 5.74) is -1.93. The molecule has 2 rings (SSSR count). The van der Waals surface area contributed by atoms with E-state index < -0.39 is 34.4 Å². The van der Waals surface area contributed by atoms with Crippen LogP contribution in [0, 0.1) is 0 Å². The SMILES string of the molecule is CCOC(=O)/C=C/c1c[nH]c(=O)[nH]c1=O.CCOC(=O)/C=C/c1c[nH]c(=O)[nH]c1=O. The van der Waals surface area contributed by atoms with Crippen molar-refractivity contribution in [3.8, 4) is 0 Å². The van der Waals surface area contributed by atoms with E-state index in [1.807, 2.05) is 9.97 Å². The van der Waals surface area contributed by atoms with Crippen LogP contribution in [-0.4, -0.2) is 45.1 Å². The van der Waals surface area contributed by atoms with Gasteiger partial charge in [0.25, 0.3) is 11.1 Å². The molecule has 12 heteroatoms. The third-order valence-electron chi connectivity index (χ3n) is 3.07. The average Bonchev–Trinajstić information content (AvgIpc) is 2.67. The first-order chi connectivity index (χ1) is 14.3. The Kier molecular flexibility index (Phi) is 9.75. The number of hydrogen-bond donors (Lipinski definition) is 4. The van der Waals surface area contributed by atoms with Gasteiger partial charge < -0.3 is 19.4 Å². The van der Waals surface area contributed by atoms with E-state index in [0.29, 0.717) is 0 Å². The van der Waals surface area contributed by atoms with E-state index >= 15 is 0 Å². The maximum atomic E-state index is 11.1. The number of esters is 2. The van der Waals surface area contributed by atoms with Crippen molar-refractivity contribution in [3.05, 3.63) is 77.3 Å². The molecule has 2 heterocycles. The lowest BCUT2D eigenvalue weighted by molar-refractivity contribution is -0.138. The van der Waals surface area contributed by atoms with E-state index in [1.165, 1.54) is 24.5 Å². The van der Waals surface area contributed by atoms with Gasteiger partial charge in [-0.25, -0.2) is 19.2 Å². The zero-order chi connectivity index (χ0) is 22.5. The molecule has 0 unspecified atom stereocenters. The highest BCUT2D eigenvalue weighted by molar-refractivity contribution is 5.87. The third-order valence-corrected chi connectivity index (χ3v) is 3.07. The predicted octanol–water partition coefficient (Wildman–Crippen LogP) is -0.721. The van der Waals surface area contributed by atoms with Crippen LogP contribution >= 0.6 is 0 Å². The number of H-pyrrole nitrogens is 4. The second kappa shape index (κ2) is 12.3. The van der Waals surface area contributed by atoms with Crippen molar-refractivity contribution in [2.75, 3.05) is 13.2 Å². The molecule has 12 nitrogen and oxygen atoms in total. The average molecular weight is 420 g/mol. The number of hydrogen-bond acceptors (Lipinski definition) is 8. The number of nitrogens with one attached hydrogen (secondary N) is 4. The fraction of sp³-hybridized carbons (Fsp3) is 0.222. The predicted molar refractivity (Wildman–Crippen MR) is 107 cm³/mol. The van der Waals surface area contributed by atoms with Crippen molar-refractivity contribution in [2.45, 2.75) is 13.8 Å². The van der Waals surface area contributed by atoms with Gasteiger partial charge in [-0.15, -0.1) is 0 Å². The summed E-state index contributed by atoms with van der Waals surface area (Å²) in [5, 5.41) is 0. The third kappa shape index (κ3) is 8.65. The van der Waals surface area contributed by atoms with Gasteiger partial charge >= 0.3 is 23.3 Å². The fourth-order valence-corrected chi connectivity index (χ4v) is 1.78. The summed E-state index contributed by atoms with van der Waals surface area (Å²) in [7, 11) is 0. The maximum Gasteiger partial charge on any atom is 0.330 e. The zero-order valence-electron chi connectivity index (χ0n) is 16.1. The molecule has 4 N–H and O–H groups in total. The number of rotatable bonds is 6. The van der Waals surface area contributed by atoms with Crippen molar-refractivity contribution >= 4 is 24.1 Å². The topological polar surface area (TPSA) is 184 Å². The maximum absolute atomic E-state index is 11.1. The summed E-state index contributed by atoms with van der Waals surface area (Å²) in [6.07, 6.45) is 7.21. The van der Waals surface area contributed by atoms with Gasteiger partial charge in [0.1, 0.15) is 0 Å². The molecular weight excluding hydrogens is 400 g/mol. The van der Waals surface area contributed by atoms with Crippen molar-refractivity contribution in [3.63, 3.8) is 0 Å². The lowest BCUT2D eigenvalue weighted by atomic mass is 10.3. The Labute approximate surface area is 168 Å².